The lowest BCUT2D eigenvalue weighted by molar-refractivity contribution is -0.160. The van der Waals surface area contributed by atoms with Crippen LogP contribution in [0, 0.1) is 5.92 Å². The van der Waals surface area contributed by atoms with E-state index in [4.69, 9.17) is 14.2 Å². The molecular weight excluding hydrogens is 380 g/mol. The van der Waals surface area contributed by atoms with Crippen molar-refractivity contribution < 1.29 is 19.0 Å². The van der Waals surface area contributed by atoms with Crippen LogP contribution in [-0.4, -0.2) is 56.5 Å². The highest BCUT2D eigenvalue weighted by molar-refractivity contribution is 5.74. The molecule has 0 amide bonds. The fourth-order valence-corrected chi connectivity index (χ4v) is 4.50. The number of carbonyl (C=O) groups is 1. The standard InChI is InChI=1S/C24H30N2O4/c1-3-29-23(27)19-13-14-26(15-20(19)18-9-5-4-6-10-18)24(16-25-17-24)30-22-12-8-7-11-21(22)28-2/h4-12,19-20,25H,3,13-17H2,1-2H3/t19-,20+/m1/s1. The summed E-state index contributed by atoms with van der Waals surface area (Å²) >= 11 is 0. The van der Waals surface area contributed by atoms with Crippen molar-refractivity contribution in [3.8, 4) is 11.5 Å². The van der Waals surface area contributed by atoms with Gasteiger partial charge in [0.1, 0.15) is 0 Å². The summed E-state index contributed by atoms with van der Waals surface area (Å²) in [5.74, 6) is 1.30. The van der Waals surface area contributed by atoms with E-state index in [9.17, 15) is 4.79 Å². The summed E-state index contributed by atoms with van der Waals surface area (Å²) in [6.07, 6.45) is 0.745. The van der Waals surface area contributed by atoms with Crippen LogP contribution >= 0.6 is 0 Å². The molecule has 2 saturated heterocycles. The van der Waals surface area contributed by atoms with Crippen molar-refractivity contribution in [1.29, 1.82) is 0 Å². The van der Waals surface area contributed by atoms with E-state index in [1.807, 2.05) is 49.4 Å². The van der Waals surface area contributed by atoms with Crippen molar-refractivity contribution in [2.24, 2.45) is 5.92 Å². The number of rotatable bonds is 7. The normalized spacial score (nSPS) is 23.3. The number of para-hydroxylation sites is 2. The number of esters is 1. The number of likely N-dealkylation sites (tertiary alicyclic amines) is 1. The van der Waals surface area contributed by atoms with E-state index in [-0.39, 0.29) is 17.8 Å². The second-order valence-corrected chi connectivity index (χ2v) is 7.91. The predicted octanol–water partition coefficient (Wildman–Crippen LogP) is 3.04. The Kier molecular flexibility index (Phi) is 6.25. The number of piperidine rings is 1. The number of benzene rings is 2. The van der Waals surface area contributed by atoms with Crippen LogP contribution < -0.4 is 14.8 Å². The molecule has 0 aliphatic carbocycles. The highest BCUT2D eigenvalue weighted by Crippen LogP contribution is 2.39. The number of nitrogens with one attached hydrogen (secondary N) is 1. The summed E-state index contributed by atoms with van der Waals surface area (Å²) in [4.78, 5) is 15.1. The average Bonchev–Trinajstić information content (AvgIpc) is 2.77. The van der Waals surface area contributed by atoms with Crippen molar-refractivity contribution in [3.63, 3.8) is 0 Å². The Bertz CT molecular complexity index is 853. The van der Waals surface area contributed by atoms with Crippen LogP contribution in [0.1, 0.15) is 24.8 Å². The van der Waals surface area contributed by atoms with Gasteiger partial charge in [0.25, 0.3) is 0 Å². The Labute approximate surface area is 178 Å². The SMILES string of the molecule is CCOC(=O)[C@@H]1CCN(C2(Oc3ccccc3OC)CNC2)C[C@H]1c1ccccc1. The molecule has 0 aromatic heterocycles. The van der Waals surface area contributed by atoms with E-state index in [1.54, 1.807) is 7.11 Å². The predicted molar refractivity (Wildman–Crippen MR) is 115 cm³/mol. The van der Waals surface area contributed by atoms with Crippen molar-refractivity contribution >= 4 is 5.97 Å². The minimum Gasteiger partial charge on any atom is -0.493 e. The molecule has 2 aromatic carbocycles. The first kappa shape index (κ1) is 20.7. The van der Waals surface area contributed by atoms with Crippen LogP contribution in [0.2, 0.25) is 0 Å². The number of carbonyl (C=O) groups excluding carboxylic acids is 1. The molecule has 0 unspecified atom stereocenters. The average molecular weight is 411 g/mol. The lowest BCUT2D eigenvalue weighted by Gasteiger charge is -2.53. The quantitative estimate of drug-likeness (QED) is 0.708. The molecule has 6 nitrogen and oxygen atoms in total. The first-order valence-corrected chi connectivity index (χ1v) is 10.7. The first-order chi connectivity index (χ1) is 14.7. The minimum absolute atomic E-state index is 0.0674. The number of methoxy groups -OCH3 is 1. The molecule has 2 atom stereocenters. The molecular formula is C24H30N2O4. The number of nitrogens with zero attached hydrogens (tertiary/aromatic N) is 1. The molecule has 2 aromatic rings. The van der Waals surface area contributed by atoms with Gasteiger partial charge in [-0.25, -0.2) is 0 Å². The van der Waals surface area contributed by atoms with Gasteiger partial charge >= 0.3 is 5.97 Å². The topological polar surface area (TPSA) is 60.0 Å². The highest BCUT2D eigenvalue weighted by atomic mass is 16.5. The van der Waals surface area contributed by atoms with Gasteiger partial charge in [0.2, 0.25) is 0 Å². The van der Waals surface area contributed by atoms with Gasteiger partial charge in [0, 0.05) is 19.0 Å². The van der Waals surface area contributed by atoms with Crippen LogP contribution in [0.25, 0.3) is 0 Å². The van der Waals surface area contributed by atoms with E-state index in [2.05, 4.69) is 22.3 Å². The second-order valence-electron chi connectivity index (χ2n) is 7.91. The fourth-order valence-electron chi connectivity index (χ4n) is 4.50. The molecule has 0 saturated carbocycles. The maximum atomic E-state index is 12.7. The third kappa shape index (κ3) is 4.02. The molecule has 2 aliphatic heterocycles. The third-order valence-corrected chi connectivity index (χ3v) is 6.18. The molecule has 2 heterocycles. The van der Waals surface area contributed by atoms with Crippen LogP contribution in [0.3, 0.4) is 0 Å². The van der Waals surface area contributed by atoms with Gasteiger partial charge in [-0.1, -0.05) is 42.5 Å². The van der Waals surface area contributed by atoms with Gasteiger partial charge in [-0.05, 0) is 31.0 Å². The molecule has 30 heavy (non-hydrogen) atoms. The van der Waals surface area contributed by atoms with Gasteiger partial charge in [-0.3, -0.25) is 9.69 Å². The van der Waals surface area contributed by atoms with Crippen LogP contribution in [-0.2, 0) is 9.53 Å². The number of hydrogen-bond acceptors (Lipinski definition) is 6. The molecule has 0 spiro atoms. The van der Waals surface area contributed by atoms with Crippen LogP contribution in [0.5, 0.6) is 11.5 Å². The molecule has 4 rings (SSSR count). The Morgan fingerprint density at radius 1 is 1.10 bits per heavy atom. The minimum atomic E-state index is -0.443. The zero-order valence-electron chi connectivity index (χ0n) is 17.7. The van der Waals surface area contributed by atoms with Crippen molar-refractivity contribution in [1.82, 2.24) is 10.2 Å². The van der Waals surface area contributed by atoms with Gasteiger partial charge in [0.05, 0.1) is 32.7 Å². The summed E-state index contributed by atoms with van der Waals surface area (Å²) in [6.45, 7) is 5.26. The third-order valence-electron chi connectivity index (χ3n) is 6.18. The van der Waals surface area contributed by atoms with Crippen LogP contribution in [0.15, 0.2) is 54.6 Å². The summed E-state index contributed by atoms with van der Waals surface area (Å²) in [6, 6.07) is 18.0. The lowest BCUT2D eigenvalue weighted by atomic mass is 9.79. The first-order valence-electron chi connectivity index (χ1n) is 10.7. The Balaban J connectivity index is 1.59. The lowest BCUT2D eigenvalue weighted by Crippen LogP contribution is -2.73. The van der Waals surface area contributed by atoms with E-state index in [0.717, 1.165) is 44.1 Å². The van der Waals surface area contributed by atoms with E-state index in [0.29, 0.717) is 6.61 Å². The van der Waals surface area contributed by atoms with E-state index < -0.39 is 5.72 Å². The molecule has 2 aliphatic rings. The summed E-state index contributed by atoms with van der Waals surface area (Å²) in [7, 11) is 1.66. The number of ether oxygens (including phenoxy) is 3. The smallest absolute Gasteiger partial charge is 0.309 e. The Hall–Kier alpha value is -2.57. The van der Waals surface area contributed by atoms with Gasteiger partial charge in [-0.2, -0.15) is 0 Å². The summed E-state index contributed by atoms with van der Waals surface area (Å²) in [5, 5.41) is 3.37. The molecule has 160 valence electrons. The van der Waals surface area contributed by atoms with E-state index >= 15 is 0 Å². The molecule has 6 heteroatoms. The molecule has 2 fully saturated rings. The fraction of sp³-hybridized carbons (Fsp3) is 0.458. The Morgan fingerprint density at radius 3 is 2.43 bits per heavy atom. The number of hydrogen-bond donors (Lipinski definition) is 1. The van der Waals surface area contributed by atoms with Crippen molar-refractivity contribution in [2.75, 3.05) is 39.9 Å². The Morgan fingerprint density at radius 2 is 1.80 bits per heavy atom. The van der Waals surface area contributed by atoms with Gasteiger partial charge in [-0.15, -0.1) is 0 Å². The van der Waals surface area contributed by atoms with E-state index in [1.165, 1.54) is 5.56 Å². The van der Waals surface area contributed by atoms with Crippen molar-refractivity contribution in [2.45, 2.75) is 25.0 Å². The van der Waals surface area contributed by atoms with Crippen molar-refractivity contribution in [3.05, 3.63) is 60.2 Å². The summed E-state index contributed by atoms with van der Waals surface area (Å²) in [5.41, 5.74) is 0.723. The summed E-state index contributed by atoms with van der Waals surface area (Å²) < 4.78 is 17.4. The second kappa shape index (κ2) is 9.06. The van der Waals surface area contributed by atoms with Gasteiger partial charge < -0.3 is 19.5 Å². The van der Waals surface area contributed by atoms with Gasteiger partial charge in [0.15, 0.2) is 17.2 Å². The zero-order chi connectivity index (χ0) is 21.0. The zero-order valence-corrected chi connectivity index (χ0v) is 17.7. The molecule has 0 radical (unpaired) electrons. The highest BCUT2D eigenvalue weighted by Gasteiger charge is 2.49. The maximum Gasteiger partial charge on any atom is 0.309 e. The molecule has 0 bridgehead atoms. The largest absolute Gasteiger partial charge is 0.493 e. The maximum absolute atomic E-state index is 12.7. The molecule has 1 N–H and O–H groups in total. The van der Waals surface area contributed by atoms with Crippen LogP contribution in [0.4, 0.5) is 0 Å². The monoisotopic (exact) mass is 410 g/mol.